The van der Waals surface area contributed by atoms with E-state index < -0.39 is 0 Å². The largest absolute Gasteiger partial charge is 0.297 e. The minimum atomic E-state index is -0.193. The van der Waals surface area contributed by atoms with Gasteiger partial charge in [-0.3, -0.25) is 10.1 Å². The van der Waals surface area contributed by atoms with Gasteiger partial charge < -0.3 is 0 Å². The van der Waals surface area contributed by atoms with Crippen LogP contribution in [0.15, 0.2) is 35.2 Å². The summed E-state index contributed by atoms with van der Waals surface area (Å²) in [7, 11) is 0. The molecule has 0 saturated carbocycles. The third-order valence-corrected chi connectivity index (χ3v) is 4.43. The van der Waals surface area contributed by atoms with E-state index in [0.717, 1.165) is 17.0 Å². The Morgan fingerprint density at radius 1 is 1.32 bits per heavy atom. The van der Waals surface area contributed by atoms with Gasteiger partial charge in [-0.2, -0.15) is 0 Å². The lowest BCUT2D eigenvalue weighted by molar-refractivity contribution is -0.111. The second kappa shape index (κ2) is 8.10. The molecule has 1 N–H and O–H groups in total. The van der Waals surface area contributed by atoms with Gasteiger partial charge in [0.2, 0.25) is 11.0 Å². The van der Waals surface area contributed by atoms with Crippen LogP contribution in [0.3, 0.4) is 0 Å². The summed E-state index contributed by atoms with van der Waals surface area (Å²) in [5, 5.41) is 12.3. The van der Waals surface area contributed by atoms with Gasteiger partial charge in [-0.15, -0.1) is 22.0 Å². The summed E-state index contributed by atoms with van der Waals surface area (Å²) in [5.41, 5.74) is 0.991. The maximum atomic E-state index is 11.9. The Hall–Kier alpha value is -1.66. The van der Waals surface area contributed by atoms with Crippen LogP contribution in [0.2, 0.25) is 0 Å². The van der Waals surface area contributed by atoms with Crippen LogP contribution in [0.25, 0.3) is 6.08 Å². The van der Waals surface area contributed by atoms with E-state index in [2.05, 4.69) is 29.4 Å². The number of benzene rings is 1. The van der Waals surface area contributed by atoms with Gasteiger partial charge in [0.05, 0.1) is 0 Å². The second-order valence-electron chi connectivity index (χ2n) is 5.19. The predicted molar refractivity (Wildman–Crippen MR) is 94.3 cm³/mol. The summed E-state index contributed by atoms with van der Waals surface area (Å²) in [6.45, 7) is 4.26. The average molecular weight is 333 g/mol. The number of anilines is 1. The summed E-state index contributed by atoms with van der Waals surface area (Å²) in [6, 6.07) is 8.04. The van der Waals surface area contributed by atoms with Crippen LogP contribution in [-0.4, -0.2) is 22.4 Å². The third kappa shape index (κ3) is 5.27. The highest BCUT2D eigenvalue weighted by Gasteiger charge is 2.07. The molecule has 6 heteroatoms. The highest BCUT2D eigenvalue weighted by Crippen LogP contribution is 2.18. The van der Waals surface area contributed by atoms with Gasteiger partial charge in [-0.05, 0) is 35.9 Å². The number of hydrogen-bond acceptors (Lipinski definition) is 5. The Kier molecular flexibility index (Phi) is 6.15. The fourth-order valence-electron chi connectivity index (χ4n) is 1.77. The lowest BCUT2D eigenvalue weighted by Gasteiger charge is -1.98. The summed E-state index contributed by atoms with van der Waals surface area (Å²) < 4.78 is 0. The number of hydrogen-bond donors (Lipinski definition) is 1. The van der Waals surface area contributed by atoms with Crippen molar-refractivity contribution in [1.82, 2.24) is 10.2 Å². The average Bonchev–Trinajstić information content (AvgIpc) is 2.92. The van der Waals surface area contributed by atoms with Crippen LogP contribution in [0.4, 0.5) is 5.13 Å². The molecule has 0 spiro atoms. The molecular weight excluding hydrogens is 314 g/mol. The Labute approximate surface area is 139 Å². The molecule has 0 saturated heterocycles. The van der Waals surface area contributed by atoms with Gasteiger partial charge >= 0.3 is 0 Å². The zero-order chi connectivity index (χ0) is 15.9. The van der Waals surface area contributed by atoms with Gasteiger partial charge in [0.25, 0.3) is 0 Å². The molecule has 0 aliphatic carbocycles. The third-order valence-electron chi connectivity index (χ3n) is 2.82. The number of nitrogens with zero attached hydrogens (tertiary/aromatic N) is 2. The van der Waals surface area contributed by atoms with Crippen LogP contribution in [0.5, 0.6) is 0 Å². The van der Waals surface area contributed by atoms with Crippen LogP contribution in [0, 0.1) is 5.92 Å². The van der Waals surface area contributed by atoms with E-state index in [-0.39, 0.29) is 5.91 Å². The molecule has 0 bridgehead atoms. The SMILES string of the molecule is CSc1ccc(/C=C/C(=O)Nc2nnc(CC(C)C)s2)cc1. The Morgan fingerprint density at radius 2 is 2.05 bits per heavy atom. The van der Waals surface area contributed by atoms with Crippen molar-refractivity contribution < 1.29 is 4.79 Å². The Morgan fingerprint density at radius 3 is 2.68 bits per heavy atom. The van der Waals surface area contributed by atoms with Crippen LogP contribution >= 0.6 is 23.1 Å². The quantitative estimate of drug-likeness (QED) is 0.638. The van der Waals surface area contributed by atoms with Crippen molar-refractivity contribution in [2.24, 2.45) is 5.92 Å². The topological polar surface area (TPSA) is 54.9 Å². The van der Waals surface area contributed by atoms with Crippen molar-refractivity contribution >= 4 is 40.2 Å². The van der Waals surface area contributed by atoms with Gasteiger partial charge in [0.15, 0.2) is 0 Å². The van der Waals surface area contributed by atoms with E-state index in [1.165, 1.54) is 22.3 Å². The van der Waals surface area contributed by atoms with E-state index >= 15 is 0 Å². The van der Waals surface area contributed by atoms with Crippen molar-refractivity contribution in [2.45, 2.75) is 25.2 Å². The van der Waals surface area contributed by atoms with Crippen LogP contribution < -0.4 is 5.32 Å². The molecule has 2 rings (SSSR count). The Balaban J connectivity index is 1.91. The lowest BCUT2D eigenvalue weighted by Crippen LogP contribution is -2.07. The summed E-state index contributed by atoms with van der Waals surface area (Å²) in [4.78, 5) is 13.1. The van der Waals surface area contributed by atoms with Crippen molar-refractivity contribution in [3.8, 4) is 0 Å². The van der Waals surface area contributed by atoms with Gasteiger partial charge in [0.1, 0.15) is 5.01 Å². The monoisotopic (exact) mass is 333 g/mol. The Bertz CT molecular complexity index is 648. The molecular formula is C16H19N3OS2. The maximum Gasteiger partial charge on any atom is 0.250 e. The zero-order valence-electron chi connectivity index (χ0n) is 12.9. The molecule has 0 aliphatic heterocycles. The minimum absolute atomic E-state index is 0.193. The van der Waals surface area contributed by atoms with E-state index in [1.54, 1.807) is 17.8 Å². The molecule has 1 aromatic heterocycles. The number of nitrogens with one attached hydrogen (secondary N) is 1. The van der Waals surface area contributed by atoms with Crippen LogP contribution in [-0.2, 0) is 11.2 Å². The molecule has 4 nitrogen and oxygen atoms in total. The molecule has 1 aromatic carbocycles. The molecule has 0 aliphatic rings. The summed E-state index contributed by atoms with van der Waals surface area (Å²) in [5.74, 6) is 0.335. The molecule has 116 valence electrons. The molecule has 0 radical (unpaired) electrons. The smallest absolute Gasteiger partial charge is 0.250 e. The van der Waals surface area contributed by atoms with Crippen molar-refractivity contribution in [1.29, 1.82) is 0 Å². The maximum absolute atomic E-state index is 11.9. The van der Waals surface area contributed by atoms with Gasteiger partial charge in [-0.1, -0.05) is 37.3 Å². The first-order valence-electron chi connectivity index (χ1n) is 7.02. The lowest BCUT2D eigenvalue weighted by atomic mass is 10.1. The summed E-state index contributed by atoms with van der Waals surface area (Å²) in [6.07, 6.45) is 6.21. The van der Waals surface area contributed by atoms with Crippen molar-refractivity contribution in [3.63, 3.8) is 0 Å². The number of carbonyl (C=O) groups is 1. The number of carbonyl (C=O) groups excluding carboxylic acids is 1. The fourth-order valence-corrected chi connectivity index (χ4v) is 3.13. The van der Waals surface area contributed by atoms with E-state index in [4.69, 9.17) is 0 Å². The normalized spacial score (nSPS) is 11.3. The zero-order valence-corrected chi connectivity index (χ0v) is 14.5. The number of amides is 1. The van der Waals surface area contributed by atoms with Crippen LogP contribution in [0.1, 0.15) is 24.4 Å². The number of aromatic nitrogens is 2. The predicted octanol–water partition coefficient (Wildman–Crippen LogP) is 4.11. The van der Waals surface area contributed by atoms with Crippen molar-refractivity contribution in [2.75, 3.05) is 11.6 Å². The molecule has 1 amide bonds. The standard InChI is InChI=1S/C16H19N3OS2/c1-11(2)10-15-18-19-16(22-15)17-14(20)9-6-12-4-7-13(21-3)8-5-12/h4-9,11H,10H2,1-3H3,(H,17,19,20)/b9-6+. The van der Waals surface area contributed by atoms with Crippen molar-refractivity contribution in [3.05, 3.63) is 40.9 Å². The number of rotatable bonds is 6. The highest BCUT2D eigenvalue weighted by atomic mass is 32.2. The molecule has 0 unspecified atom stereocenters. The van der Waals surface area contributed by atoms with Gasteiger partial charge in [-0.25, -0.2) is 0 Å². The highest BCUT2D eigenvalue weighted by molar-refractivity contribution is 7.98. The fraction of sp³-hybridized carbons (Fsp3) is 0.312. The molecule has 0 fully saturated rings. The second-order valence-corrected chi connectivity index (χ2v) is 7.14. The first kappa shape index (κ1) is 16.7. The first-order valence-corrected chi connectivity index (χ1v) is 9.06. The summed E-state index contributed by atoms with van der Waals surface area (Å²) >= 11 is 3.12. The van der Waals surface area contributed by atoms with E-state index in [1.807, 2.05) is 30.5 Å². The van der Waals surface area contributed by atoms with Gasteiger partial charge in [0, 0.05) is 17.4 Å². The number of thioether (sulfide) groups is 1. The molecule has 0 atom stereocenters. The minimum Gasteiger partial charge on any atom is -0.297 e. The molecule has 22 heavy (non-hydrogen) atoms. The van der Waals surface area contributed by atoms with E-state index in [9.17, 15) is 4.79 Å². The molecule has 2 aromatic rings. The molecule has 1 heterocycles. The first-order chi connectivity index (χ1) is 10.6. The van der Waals surface area contributed by atoms with E-state index in [0.29, 0.717) is 11.0 Å².